The fraction of sp³-hybridized carbons (Fsp3) is 0.333. The van der Waals surface area contributed by atoms with Crippen LogP contribution in [0.2, 0.25) is 5.02 Å². The van der Waals surface area contributed by atoms with Gasteiger partial charge < -0.3 is 10.0 Å². The van der Waals surface area contributed by atoms with E-state index in [1.807, 2.05) is 42.5 Å². The van der Waals surface area contributed by atoms with Gasteiger partial charge in [-0.15, -0.1) is 0 Å². The van der Waals surface area contributed by atoms with E-state index in [4.69, 9.17) is 16.6 Å². The predicted molar refractivity (Wildman–Crippen MR) is 106 cm³/mol. The number of benzene rings is 2. The number of nitrogens with zero attached hydrogens (tertiary/aromatic N) is 2. The summed E-state index contributed by atoms with van der Waals surface area (Å²) in [5.41, 5.74) is 3.41. The van der Waals surface area contributed by atoms with Crippen LogP contribution < -0.4 is 4.90 Å². The topological polar surface area (TPSA) is 52.9 Å². The molecule has 0 aromatic heterocycles. The Morgan fingerprint density at radius 1 is 1.19 bits per heavy atom. The van der Waals surface area contributed by atoms with Crippen LogP contribution in [0, 0.1) is 0 Å². The van der Waals surface area contributed by atoms with Crippen LogP contribution >= 0.6 is 11.6 Å². The number of benzodiazepines with no additional fused rings is 1. The summed E-state index contributed by atoms with van der Waals surface area (Å²) in [5.74, 6) is -0.0187. The third-order valence-electron chi connectivity index (χ3n) is 4.49. The normalized spacial score (nSPS) is 16.9. The molecule has 2 aromatic rings. The summed E-state index contributed by atoms with van der Waals surface area (Å²) in [6, 6.07) is 15.0. The van der Waals surface area contributed by atoms with Crippen LogP contribution in [0.25, 0.3) is 0 Å². The van der Waals surface area contributed by atoms with Crippen molar-refractivity contribution in [2.75, 3.05) is 18.1 Å². The van der Waals surface area contributed by atoms with Crippen molar-refractivity contribution in [1.29, 1.82) is 0 Å². The van der Waals surface area contributed by atoms with Gasteiger partial charge in [-0.25, -0.2) is 0 Å². The van der Waals surface area contributed by atoms with Crippen molar-refractivity contribution in [3.05, 3.63) is 64.7 Å². The second kappa shape index (κ2) is 8.47. The second-order valence-corrected chi connectivity index (χ2v) is 6.81. The lowest BCUT2D eigenvalue weighted by atomic mass is 10.00. The van der Waals surface area contributed by atoms with Crippen LogP contribution in [0.3, 0.4) is 0 Å². The van der Waals surface area contributed by atoms with Crippen LogP contribution in [0.15, 0.2) is 53.5 Å². The molecule has 0 aliphatic carbocycles. The zero-order valence-corrected chi connectivity index (χ0v) is 15.6. The fourth-order valence-corrected chi connectivity index (χ4v) is 3.43. The number of amides is 1. The number of carbonyl (C=O) groups is 1. The zero-order chi connectivity index (χ0) is 18.5. The van der Waals surface area contributed by atoms with Crippen LogP contribution in [0.5, 0.6) is 0 Å². The monoisotopic (exact) mass is 370 g/mol. The van der Waals surface area contributed by atoms with Crippen molar-refractivity contribution in [2.24, 2.45) is 4.99 Å². The summed E-state index contributed by atoms with van der Waals surface area (Å²) in [7, 11) is 0. The van der Waals surface area contributed by atoms with E-state index in [1.54, 1.807) is 11.0 Å². The first kappa shape index (κ1) is 18.6. The highest BCUT2D eigenvalue weighted by molar-refractivity contribution is 6.32. The van der Waals surface area contributed by atoms with Gasteiger partial charge in [-0.05, 0) is 31.0 Å². The molecule has 3 rings (SSSR count). The molecule has 1 aliphatic rings. The van der Waals surface area contributed by atoms with Crippen LogP contribution in [-0.2, 0) is 4.79 Å². The molecule has 136 valence electrons. The minimum Gasteiger partial charge on any atom is -0.396 e. The third kappa shape index (κ3) is 3.81. The quantitative estimate of drug-likeness (QED) is 0.833. The first-order valence-electron chi connectivity index (χ1n) is 9.01. The van der Waals surface area contributed by atoms with Crippen molar-refractivity contribution < 1.29 is 9.90 Å². The first-order chi connectivity index (χ1) is 12.7. The largest absolute Gasteiger partial charge is 0.396 e. The van der Waals surface area contributed by atoms with E-state index >= 15 is 0 Å². The maximum atomic E-state index is 13.2. The zero-order valence-electron chi connectivity index (χ0n) is 14.9. The Morgan fingerprint density at radius 2 is 1.96 bits per heavy atom. The van der Waals surface area contributed by atoms with Crippen LogP contribution in [0.1, 0.15) is 37.3 Å². The van der Waals surface area contributed by atoms with E-state index in [0.717, 1.165) is 28.9 Å². The maximum Gasteiger partial charge on any atom is 0.251 e. The van der Waals surface area contributed by atoms with Gasteiger partial charge >= 0.3 is 0 Å². The fourth-order valence-electron chi connectivity index (χ4n) is 3.26. The number of aliphatic imine (C=N–C) groups is 1. The highest BCUT2D eigenvalue weighted by Crippen LogP contribution is 2.32. The average molecular weight is 371 g/mol. The summed E-state index contributed by atoms with van der Waals surface area (Å²) < 4.78 is 0. The summed E-state index contributed by atoms with van der Waals surface area (Å²) in [6.07, 6.45) is 2.08. The van der Waals surface area contributed by atoms with Crippen molar-refractivity contribution in [1.82, 2.24) is 0 Å². The molecule has 26 heavy (non-hydrogen) atoms. The number of carbonyl (C=O) groups excluding carboxylic acids is 1. The SMILES string of the molecule is CCCC1N=C(c2ccccc2)c2cc(Cl)ccc2N(CCCO)C1=O. The highest BCUT2D eigenvalue weighted by Gasteiger charge is 2.31. The molecule has 0 saturated heterocycles. The average Bonchev–Trinajstić information content (AvgIpc) is 2.76. The van der Waals surface area contributed by atoms with Crippen molar-refractivity contribution in [3.8, 4) is 0 Å². The predicted octanol–water partition coefficient (Wildman–Crippen LogP) is 4.08. The van der Waals surface area contributed by atoms with Gasteiger partial charge in [0.25, 0.3) is 5.91 Å². The molecular formula is C21H23ClN2O2. The molecule has 0 saturated carbocycles. The molecule has 0 spiro atoms. The molecule has 4 nitrogen and oxygen atoms in total. The van der Waals surface area contributed by atoms with E-state index in [-0.39, 0.29) is 12.5 Å². The Bertz CT molecular complexity index is 805. The molecule has 1 atom stereocenters. The molecule has 1 heterocycles. The summed E-state index contributed by atoms with van der Waals surface area (Å²) in [5, 5.41) is 9.86. The number of aliphatic hydroxyl groups is 1. The number of fused-ring (bicyclic) bond motifs is 1. The standard InChI is InChI=1S/C21H23ClN2O2/c1-2-7-18-21(26)24(12-6-13-25)19-11-10-16(22)14-17(19)20(23-18)15-8-4-3-5-9-15/h3-5,8-11,14,18,25H,2,6-7,12-13H2,1H3. The van der Waals surface area contributed by atoms with Crippen molar-refractivity contribution in [3.63, 3.8) is 0 Å². The van der Waals surface area contributed by atoms with E-state index in [9.17, 15) is 9.90 Å². The summed E-state index contributed by atoms with van der Waals surface area (Å²) in [4.78, 5) is 19.8. The van der Waals surface area contributed by atoms with Gasteiger partial charge in [0, 0.05) is 29.3 Å². The number of hydrogen-bond donors (Lipinski definition) is 1. The molecule has 1 unspecified atom stereocenters. The Hall–Kier alpha value is -2.17. The maximum absolute atomic E-state index is 13.2. The number of aliphatic hydroxyl groups excluding tert-OH is 1. The molecular weight excluding hydrogens is 348 g/mol. The molecule has 0 bridgehead atoms. The molecule has 0 radical (unpaired) electrons. The summed E-state index contributed by atoms with van der Waals surface area (Å²) >= 11 is 6.27. The molecule has 2 aromatic carbocycles. The van der Waals surface area contributed by atoms with Gasteiger partial charge in [-0.1, -0.05) is 55.3 Å². The lowest BCUT2D eigenvalue weighted by Crippen LogP contribution is -2.38. The molecule has 1 amide bonds. The summed E-state index contributed by atoms with van der Waals surface area (Å²) in [6.45, 7) is 2.55. The molecule has 0 fully saturated rings. The van der Waals surface area contributed by atoms with Crippen molar-refractivity contribution >= 4 is 28.9 Å². The van der Waals surface area contributed by atoms with Gasteiger partial charge in [0.1, 0.15) is 6.04 Å². The minimum absolute atomic E-state index is 0.0187. The van der Waals surface area contributed by atoms with Crippen molar-refractivity contribution in [2.45, 2.75) is 32.2 Å². The number of anilines is 1. The van der Waals surface area contributed by atoms with Gasteiger partial charge in [0.05, 0.1) is 11.4 Å². The van der Waals surface area contributed by atoms with E-state index in [0.29, 0.717) is 24.4 Å². The number of halogens is 1. The van der Waals surface area contributed by atoms with E-state index in [1.165, 1.54) is 0 Å². The van der Waals surface area contributed by atoms with Gasteiger partial charge in [-0.2, -0.15) is 0 Å². The number of hydrogen-bond acceptors (Lipinski definition) is 3. The third-order valence-corrected chi connectivity index (χ3v) is 4.72. The Kier molecular flexibility index (Phi) is 6.07. The molecule has 1 N–H and O–H groups in total. The van der Waals surface area contributed by atoms with Gasteiger partial charge in [0.15, 0.2) is 0 Å². The molecule has 5 heteroatoms. The van der Waals surface area contributed by atoms with E-state index < -0.39 is 6.04 Å². The van der Waals surface area contributed by atoms with Crippen LogP contribution in [0.4, 0.5) is 5.69 Å². The van der Waals surface area contributed by atoms with Gasteiger partial charge in [-0.3, -0.25) is 9.79 Å². The van der Waals surface area contributed by atoms with Crippen LogP contribution in [-0.4, -0.2) is 35.9 Å². The molecule has 1 aliphatic heterocycles. The first-order valence-corrected chi connectivity index (χ1v) is 9.39. The Balaban J connectivity index is 2.19. The van der Waals surface area contributed by atoms with E-state index in [2.05, 4.69) is 6.92 Å². The highest BCUT2D eigenvalue weighted by atomic mass is 35.5. The second-order valence-electron chi connectivity index (χ2n) is 6.38. The Labute approximate surface area is 159 Å². The lowest BCUT2D eigenvalue weighted by molar-refractivity contribution is -0.119. The number of rotatable bonds is 6. The smallest absolute Gasteiger partial charge is 0.251 e. The van der Waals surface area contributed by atoms with Gasteiger partial charge in [0.2, 0.25) is 0 Å². The Morgan fingerprint density at radius 3 is 2.65 bits per heavy atom. The lowest BCUT2D eigenvalue weighted by Gasteiger charge is -2.25. The minimum atomic E-state index is -0.430.